The van der Waals surface area contributed by atoms with Gasteiger partial charge in [0.1, 0.15) is 5.76 Å². The van der Waals surface area contributed by atoms with Crippen LogP contribution in [0.3, 0.4) is 0 Å². The number of rotatable bonds is 3. The third kappa shape index (κ3) is 5.88. The lowest BCUT2D eigenvalue weighted by Crippen LogP contribution is -2.44. The molecule has 0 aromatic carbocycles. The van der Waals surface area contributed by atoms with Crippen LogP contribution in [0.1, 0.15) is 40.3 Å². The van der Waals surface area contributed by atoms with Crippen molar-refractivity contribution in [1.82, 2.24) is 9.80 Å². The number of carbonyl (C=O) groups excluding carboxylic acids is 1. The van der Waals surface area contributed by atoms with E-state index in [1.54, 1.807) is 12.3 Å². The topological polar surface area (TPSA) is 74.0 Å². The summed E-state index contributed by atoms with van der Waals surface area (Å²) < 4.78 is 37.0. The van der Waals surface area contributed by atoms with Crippen LogP contribution in [0.15, 0.2) is 34.3 Å². The predicted molar refractivity (Wildman–Crippen MR) is 109 cm³/mol. The van der Waals surface area contributed by atoms with Gasteiger partial charge >= 0.3 is 12.1 Å². The SMILES string of the molecule is Cc1occc1C(=O)N1CCC2(CCN(Cc3cccs3)C2)CC1.O=C(O)C(F)(F)F. The zero-order valence-corrected chi connectivity index (χ0v) is 18.0. The minimum absolute atomic E-state index is 0.129. The molecule has 1 N–H and O–H groups in total. The molecule has 31 heavy (non-hydrogen) atoms. The molecule has 4 heterocycles. The van der Waals surface area contributed by atoms with Crippen molar-refractivity contribution >= 4 is 23.2 Å². The molecule has 2 saturated heterocycles. The van der Waals surface area contributed by atoms with E-state index in [9.17, 15) is 18.0 Å². The van der Waals surface area contributed by atoms with Gasteiger partial charge in [0.25, 0.3) is 5.91 Å². The van der Waals surface area contributed by atoms with Gasteiger partial charge in [0.15, 0.2) is 0 Å². The van der Waals surface area contributed by atoms with Gasteiger partial charge in [0.2, 0.25) is 0 Å². The number of thiophene rings is 1. The highest BCUT2D eigenvalue weighted by Crippen LogP contribution is 2.41. The van der Waals surface area contributed by atoms with Crippen molar-refractivity contribution < 1.29 is 32.3 Å². The van der Waals surface area contributed by atoms with Gasteiger partial charge in [-0.15, -0.1) is 11.3 Å². The number of likely N-dealkylation sites (tertiary alicyclic amines) is 2. The molecule has 4 rings (SSSR count). The van der Waals surface area contributed by atoms with Crippen LogP contribution < -0.4 is 0 Å². The summed E-state index contributed by atoms with van der Waals surface area (Å²) in [4.78, 5) is 27.6. The van der Waals surface area contributed by atoms with Crippen molar-refractivity contribution in [2.24, 2.45) is 5.41 Å². The zero-order chi connectivity index (χ0) is 22.6. The number of alkyl halides is 3. The lowest BCUT2D eigenvalue weighted by molar-refractivity contribution is -0.192. The number of hydrogen-bond acceptors (Lipinski definition) is 5. The van der Waals surface area contributed by atoms with Crippen LogP contribution in [-0.2, 0) is 11.3 Å². The summed E-state index contributed by atoms with van der Waals surface area (Å²) in [7, 11) is 0. The largest absolute Gasteiger partial charge is 0.490 e. The number of carbonyl (C=O) groups is 2. The van der Waals surface area contributed by atoms with Crippen molar-refractivity contribution in [3.63, 3.8) is 0 Å². The highest BCUT2D eigenvalue weighted by atomic mass is 32.1. The minimum Gasteiger partial charge on any atom is -0.475 e. The maximum Gasteiger partial charge on any atom is 0.490 e. The molecule has 2 aromatic rings. The van der Waals surface area contributed by atoms with E-state index in [4.69, 9.17) is 14.3 Å². The first kappa shape index (κ1) is 23.3. The summed E-state index contributed by atoms with van der Waals surface area (Å²) in [6.07, 6.45) is 0.0335. The Morgan fingerprint density at radius 1 is 1.19 bits per heavy atom. The Labute approximate surface area is 182 Å². The molecule has 0 radical (unpaired) electrons. The summed E-state index contributed by atoms with van der Waals surface area (Å²) in [5, 5.41) is 9.28. The number of hydrogen-bond donors (Lipinski definition) is 1. The van der Waals surface area contributed by atoms with Crippen molar-refractivity contribution in [3.8, 4) is 0 Å². The molecule has 0 aliphatic carbocycles. The molecule has 0 atom stereocenters. The summed E-state index contributed by atoms with van der Waals surface area (Å²) in [5.41, 5.74) is 1.14. The van der Waals surface area contributed by atoms with Crippen LogP contribution in [-0.4, -0.2) is 59.1 Å². The molecule has 2 fully saturated rings. The van der Waals surface area contributed by atoms with Crippen LogP contribution in [0, 0.1) is 12.3 Å². The van der Waals surface area contributed by atoms with Crippen LogP contribution in [0.5, 0.6) is 0 Å². The molecule has 6 nitrogen and oxygen atoms in total. The number of carboxylic acids is 1. The van der Waals surface area contributed by atoms with E-state index in [2.05, 4.69) is 22.4 Å². The molecule has 0 unspecified atom stereocenters. The first-order valence-electron chi connectivity index (χ1n) is 9.98. The van der Waals surface area contributed by atoms with Crippen LogP contribution in [0.2, 0.25) is 0 Å². The average molecular weight is 459 g/mol. The number of piperidine rings is 1. The van der Waals surface area contributed by atoms with Crippen molar-refractivity contribution in [1.29, 1.82) is 0 Å². The van der Waals surface area contributed by atoms with Crippen molar-refractivity contribution in [2.75, 3.05) is 26.2 Å². The van der Waals surface area contributed by atoms with Crippen molar-refractivity contribution in [2.45, 2.75) is 38.9 Å². The lowest BCUT2D eigenvalue weighted by atomic mass is 9.77. The zero-order valence-electron chi connectivity index (χ0n) is 17.2. The second-order valence-electron chi connectivity index (χ2n) is 8.03. The number of furan rings is 1. The average Bonchev–Trinajstić information content (AvgIpc) is 3.45. The number of aliphatic carboxylic acids is 1. The monoisotopic (exact) mass is 458 g/mol. The van der Waals surface area contributed by atoms with E-state index in [-0.39, 0.29) is 5.91 Å². The fraction of sp³-hybridized carbons (Fsp3) is 0.524. The fourth-order valence-electron chi connectivity index (χ4n) is 4.16. The number of nitrogens with zero attached hydrogens (tertiary/aromatic N) is 2. The Hall–Kier alpha value is -2.33. The lowest BCUT2D eigenvalue weighted by Gasteiger charge is -2.39. The summed E-state index contributed by atoms with van der Waals surface area (Å²) >= 11 is 1.85. The summed E-state index contributed by atoms with van der Waals surface area (Å²) in [6, 6.07) is 6.15. The van der Waals surface area contributed by atoms with Gasteiger partial charge in [0, 0.05) is 31.1 Å². The highest BCUT2D eigenvalue weighted by Gasteiger charge is 2.41. The minimum atomic E-state index is -5.08. The normalized spacial score (nSPS) is 18.6. The van der Waals surface area contributed by atoms with E-state index in [1.807, 2.05) is 23.2 Å². The molecule has 10 heteroatoms. The van der Waals surface area contributed by atoms with Gasteiger partial charge in [-0.05, 0) is 55.7 Å². The highest BCUT2D eigenvalue weighted by molar-refractivity contribution is 7.09. The Morgan fingerprint density at radius 3 is 2.35 bits per heavy atom. The summed E-state index contributed by atoms with van der Waals surface area (Å²) in [5.74, 6) is -1.90. The van der Waals surface area contributed by atoms with Gasteiger partial charge in [-0.25, -0.2) is 4.79 Å². The third-order valence-electron chi connectivity index (χ3n) is 5.92. The van der Waals surface area contributed by atoms with Crippen LogP contribution >= 0.6 is 11.3 Å². The molecule has 0 bridgehead atoms. The Morgan fingerprint density at radius 2 is 1.84 bits per heavy atom. The van der Waals surface area contributed by atoms with Crippen molar-refractivity contribution in [3.05, 3.63) is 46.0 Å². The molecule has 170 valence electrons. The van der Waals surface area contributed by atoms with Gasteiger partial charge in [-0.3, -0.25) is 9.69 Å². The quantitative estimate of drug-likeness (QED) is 0.738. The molecule has 2 aliphatic rings. The smallest absolute Gasteiger partial charge is 0.475 e. The second kappa shape index (κ2) is 9.44. The second-order valence-corrected chi connectivity index (χ2v) is 9.06. The molecule has 1 spiro atoms. The summed E-state index contributed by atoms with van der Waals surface area (Å²) in [6.45, 7) is 7.05. The first-order chi connectivity index (χ1) is 14.6. The molecular weight excluding hydrogens is 433 g/mol. The number of carboxylic acid groups (broad SMARTS) is 1. The molecular formula is C21H25F3N2O4S. The fourth-order valence-corrected chi connectivity index (χ4v) is 4.90. The molecule has 1 amide bonds. The van der Waals surface area contributed by atoms with E-state index in [0.717, 1.165) is 43.8 Å². The van der Waals surface area contributed by atoms with E-state index in [0.29, 0.717) is 5.41 Å². The van der Waals surface area contributed by atoms with E-state index < -0.39 is 12.1 Å². The Balaban J connectivity index is 0.000000339. The maximum atomic E-state index is 12.6. The van der Waals surface area contributed by atoms with Gasteiger partial charge < -0.3 is 14.4 Å². The van der Waals surface area contributed by atoms with Gasteiger partial charge in [0.05, 0.1) is 11.8 Å². The molecule has 2 aromatic heterocycles. The van der Waals surface area contributed by atoms with E-state index in [1.165, 1.54) is 24.4 Å². The Kier molecular flexibility index (Phi) is 7.10. The third-order valence-corrected chi connectivity index (χ3v) is 6.78. The predicted octanol–water partition coefficient (Wildman–Crippen LogP) is 4.41. The van der Waals surface area contributed by atoms with Gasteiger partial charge in [-0.2, -0.15) is 13.2 Å². The van der Waals surface area contributed by atoms with Gasteiger partial charge in [-0.1, -0.05) is 6.07 Å². The molecule has 2 aliphatic heterocycles. The number of amides is 1. The Bertz CT molecular complexity index is 887. The first-order valence-corrected chi connectivity index (χ1v) is 10.9. The van der Waals surface area contributed by atoms with Crippen LogP contribution in [0.25, 0.3) is 0 Å². The standard InChI is InChI=1S/C19H24N2O2S.C2HF3O2/c1-15-17(4-11-23-15)18(22)21-9-6-19(7-10-21)5-8-20(14-19)13-16-3-2-12-24-16;3-2(4,5)1(6)7/h2-4,11-12H,5-10,13-14H2,1H3;(H,6,7). The molecule has 0 saturated carbocycles. The number of aryl methyl sites for hydroxylation is 1. The van der Waals surface area contributed by atoms with Crippen LogP contribution in [0.4, 0.5) is 13.2 Å². The number of halogens is 3. The maximum absolute atomic E-state index is 12.6. The van der Waals surface area contributed by atoms with E-state index >= 15 is 0 Å².